The summed E-state index contributed by atoms with van der Waals surface area (Å²) in [7, 11) is 1.66. The maximum atomic E-state index is 5.11. The molecule has 0 spiro atoms. The molecule has 0 saturated carbocycles. The van der Waals surface area contributed by atoms with Crippen molar-refractivity contribution in [2.24, 2.45) is 0 Å². The first kappa shape index (κ1) is 10.1. The van der Waals surface area contributed by atoms with Crippen molar-refractivity contribution >= 4 is 15.9 Å². The third kappa shape index (κ3) is 2.78. The second-order valence-electron chi connectivity index (χ2n) is 2.62. The zero-order chi connectivity index (χ0) is 9.68. The topological polar surface area (TPSA) is 9.23 Å². The van der Waals surface area contributed by atoms with Gasteiger partial charge in [0.05, 0.1) is 12.4 Å². The molecule has 68 valence electrons. The van der Waals surface area contributed by atoms with Gasteiger partial charge in [-0.05, 0) is 24.6 Å². The van der Waals surface area contributed by atoms with Gasteiger partial charge in [-0.3, -0.25) is 0 Å². The molecular weight excluding hydrogens is 228 g/mol. The third-order valence-electron chi connectivity index (χ3n) is 1.73. The number of hydrogen-bond donors (Lipinski definition) is 0. The second-order valence-corrected chi connectivity index (χ2v) is 3.18. The van der Waals surface area contributed by atoms with Crippen LogP contribution in [0.5, 0.6) is 5.75 Å². The molecule has 0 aromatic heterocycles. The molecule has 0 radical (unpaired) electrons. The Balaban J connectivity index is 3.04. The van der Waals surface area contributed by atoms with Gasteiger partial charge < -0.3 is 4.74 Å². The van der Waals surface area contributed by atoms with Crippen molar-refractivity contribution < 1.29 is 4.74 Å². The Morgan fingerprint density at radius 2 is 2.23 bits per heavy atom. The molecule has 1 nitrogen and oxygen atoms in total. The Labute approximate surface area is 87.2 Å². The molecule has 1 aromatic carbocycles. The van der Waals surface area contributed by atoms with E-state index in [0.29, 0.717) is 5.33 Å². The molecular formula is C11H11BrO. The second kappa shape index (κ2) is 4.94. The monoisotopic (exact) mass is 238 g/mol. The number of ether oxygens (including phenoxy) is 1. The van der Waals surface area contributed by atoms with Crippen LogP contribution in [0.3, 0.4) is 0 Å². The van der Waals surface area contributed by atoms with E-state index in [1.54, 1.807) is 7.11 Å². The van der Waals surface area contributed by atoms with Crippen LogP contribution in [0.15, 0.2) is 18.2 Å². The van der Waals surface area contributed by atoms with Gasteiger partial charge in [0.15, 0.2) is 0 Å². The van der Waals surface area contributed by atoms with E-state index in [0.717, 1.165) is 11.3 Å². The fourth-order valence-electron chi connectivity index (χ4n) is 0.991. The maximum absolute atomic E-state index is 5.11. The fraction of sp³-hybridized carbons (Fsp3) is 0.273. The van der Waals surface area contributed by atoms with E-state index in [-0.39, 0.29) is 0 Å². The van der Waals surface area contributed by atoms with Gasteiger partial charge >= 0.3 is 0 Å². The van der Waals surface area contributed by atoms with Gasteiger partial charge in [-0.15, -0.1) is 0 Å². The lowest BCUT2D eigenvalue weighted by atomic mass is 10.1. The van der Waals surface area contributed by atoms with Gasteiger partial charge in [0.25, 0.3) is 0 Å². The number of hydrogen-bond acceptors (Lipinski definition) is 1. The fourth-order valence-corrected chi connectivity index (χ4v) is 1.13. The van der Waals surface area contributed by atoms with E-state index in [1.165, 1.54) is 5.56 Å². The Morgan fingerprint density at radius 3 is 2.85 bits per heavy atom. The molecule has 0 atom stereocenters. The average Bonchev–Trinajstić information content (AvgIpc) is 2.17. The smallest absolute Gasteiger partial charge is 0.120 e. The molecule has 0 fully saturated rings. The molecule has 1 rings (SSSR count). The van der Waals surface area contributed by atoms with Gasteiger partial charge in [0.1, 0.15) is 5.75 Å². The summed E-state index contributed by atoms with van der Waals surface area (Å²) in [5, 5.41) is 0.698. The van der Waals surface area contributed by atoms with Crippen LogP contribution in [0.2, 0.25) is 0 Å². The van der Waals surface area contributed by atoms with Crippen molar-refractivity contribution in [2.75, 3.05) is 12.4 Å². The highest BCUT2D eigenvalue weighted by Crippen LogP contribution is 2.15. The number of benzene rings is 1. The summed E-state index contributed by atoms with van der Waals surface area (Å²) in [4.78, 5) is 0. The first-order valence-corrected chi connectivity index (χ1v) is 5.09. The average molecular weight is 239 g/mol. The largest absolute Gasteiger partial charge is 0.497 e. The maximum Gasteiger partial charge on any atom is 0.120 e. The highest BCUT2D eigenvalue weighted by Gasteiger charge is 1.96. The first-order chi connectivity index (χ1) is 6.27. The predicted octanol–water partition coefficient (Wildman–Crippen LogP) is 2.75. The minimum Gasteiger partial charge on any atom is -0.497 e. The molecule has 0 amide bonds. The van der Waals surface area contributed by atoms with Crippen molar-refractivity contribution in [2.45, 2.75) is 6.92 Å². The molecule has 0 aliphatic carbocycles. The molecule has 0 heterocycles. The van der Waals surface area contributed by atoms with Gasteiger partial charge in [0, 0.05) is 5.56 Å². The molecule has 0 aliphatic heterocycles. The zero-order valence-electron chi connectivity index (χ0n) is 7.73. The molecule has 0 bridgehead atoms. The van der Waals surface area contributed by atoms with E-state index < -0.39 is 0 Å². The Morgan fingerprint density at radius 1 is 1.46 bits per heavy atom. The highest BCUT2D eigenvalue weighted by molar-refractivity contribution is 9.09. The quantitative estimate of drug-likeness (QED) is 0.540. The summed E-state index contributed by atoms with van der Waals surface area (Å²) >= 11 is 3.26. The minimum atomic E-state index is 0.698. The standard InChI is InChI=1S/C11H11BrO/c1-9-5-6-11(13-2)8-10(9)4-3-7-12/h5-6,8H,7H2,1-2H3. The van der Waals surface area contributed by atoms with Gasteiger partial charge in [-0.2, -0.15) is 0 Å². The summed E-state index contributed by atoms with van der Waals surface area (Å²) in [6, 6.07) is 5.90. The summed E-state index contributed by atoms with van der Waals surface area (Å²) in [5.74, 6) is 6.88. The van der Waals surface area contributed by atoms with Crippen LogP contribution in [-0.2, 0) is 0 Å². The van der Waals surface area contributed by atoms with Crippen LogP contribution in [-0.4, -0.2) is 12.4 Å². The Kier molecular flexibility index (Phi) is 3.85. The number of rotatable bonds is 1. The SMILES string of the molecule is COc1ccc(C)c(C#CCBr)c1. The van der Waals surface area contributed by atoms with Crippen LogP contribution >= 0.6 is 15.9 Å². The lowest BCUT2D eigenvalue weighted by Gasteiger charge is -2.02. The van der Waals surface area contributed by atoms with Crippen LogP contribution in [0.4, 0.5) is 0 Å². The van der Waals surface area contributed by atoms with Crippen LogP contribution in [0.1, 0.15) is 11.1 Å². The Hall–Kier alpha value is -0.940. The Bertz CT molecular complexity index is 347. The number of methoxy groups -OCH3 is 1. The van der Waals surface area contributed by atoms with Gasteiger partial charge in [-0.1, -0.05) is 33.8 Å². The molecule has 0 unspecified atom stereocenters. The third-order valence-corrected chi connectivity index (χ3v) is 2.01. The lowest BCUT2D eigenvalue weighted by molar-refractivity contribution is 0.414. The van der Waals surface area contributed by atoms with Crippen molar-refractivity contribution in [3.63, 3.8) is 0 Å². The normalized spacial score (nSPS) is 8.85. The van der Waals surface area contributed by atoms with E-state index >= 15 is 0 Å². The number of alkyl halides is 1. The molecule has 0 aliphatic rings. The van der Waals surface area contributed by atoms with E-state index in [2.05, 4.69) is 27.8 Å². The van der Waals surface area contributed by atoms with Crippen LogP contribution in [0, 0.1) is 18.8 Å². The lowest BCUT2D eigenvalue weighted by Crippen LogP contribution is -1.86. The van der Waals surface area contributed by atoms with Crippen molar-refractivity contribution in [1.29, 1.82) is 0 Å². The minimum absolute atomic E-state index is 0.698. The van der Waals surface area contributed by atoms with E-state index in [4.69, 9.17) is 4.74 Å². The predicted molar refractivity (Wildman–Crippen MR) is 58.4 cm³/mol. The van der Waals surface area contributed by atoms with E-state index in [9.17, 15) is 0 Å². The molecule has 13 heavy (non-hydrogen) atoms. The number of aryl methyl sites for hydroxylation is 1. The molecule has 0 saturated heterocycles. The summed E-state index contributed by atoms with van der Waals surface area (Å²) in [6.07, 6.45) is 0. The van der Waals surface area contributed by atoms with Crippen LogP contribution in [0.25, 0.3) is 0 Å². The van der Waals surface area contributed by atoms with Crippen molar-refractivity contribution in [1.82, 2.24) is 0 Å². The van der Waals surface area contributed by atoms with Crippen molar-refractivity contribution in [3.05, 3.63) is 29.3 Å². The summed E-state index contributed by atoms with van der Waals surface area (Å²) < 4.78 is 5.11. The van der Waals surface area contributed by atoms with Gasteiger partial charge in [0.2, 0.25) is 0 Å². The number of halogens is 1. The zero-order valence-corrected chi connectivity index (χ0v) is 9.31. The summed E-state index contributed by atoms with van der Waals surface area (Å²) in [5.41, 5.74) is 2.20. The van der Waals surface area contributed by atoms with Gasteiger partial charge in [-0.25, -0.2) is 0 Å². The summed E-state index contributed by atoms with van der Waals surface area (Å²) in [6.45, 7) is 2.04. The first-order valence-electron chi connectivity index (χ1n) is 3.97. The molecule has 2 heteroatoms. The highest BCUT2D eigenvalue weighted by atomic mass is 79.9. The molecule has 0 N–H and O–H groups in total. The van der Waals surface area contributed by atoms with E-state index in [1.807, 2.05) is 25.1 Å². The molecule has 1 aromatic rings. The van der Waals surface area contributed by atoms with Crippen molar-refractivity contribution in [3.8, 4) is 17.6 Å². The van der Waals surface area contributed by atoms with Crippen LogP contribution < -0.4 is 4.74 Å².